The highest BCUT2D eigenvalue weighted by atomic mass is 79.9. The highest BCUT2D eigenvalue weighted by Gasteiger charge is 2.32. The molecule has 2 aromatic rings. The molecule has 5 nitrogen and oxygen atoms in total. The molecule has 0 amide bonds. The van der Waals surface area contributed by atoms with Crippen molar-refractivity contribution in [3.05, 3.63) is 44.7 Å². The first-order valence-electron chi connectivity index (χ1n) is 8.23. The van der Waals surface area contributed by atoms with Gasteiger partial charge in [0.15, 0.2) is 11.8 Å². The maximum atomic E-state index is 12.5. The summed E-state index contributed by atoms with van der Waals surface area (Å²) >= 11 is 3.58. The van der Waals surface area contributed by atoms with E-state index in [-0.39, 0.29) is 6.61 Å². The zero-order valence-corrected chi connectivity index (χ0v) is 17.1. The predicted octanol–water partition coefficient (Wildman–Crippen LogP) is 4.27. The van der Waals surface area contributed by atoms with E-state index in [1.807, 2.05) is 33.8 Å². The molecular weight excluding hydrogens is 386 g/mol. The molecule has 0 fully saturated rings. The average Bonchev–Trinajstić information content (AvgIpc) is 2.49. The summed E-state index contributed by atoms with van der Waals surface area (Å²) in [5.41, 5.74) is 2.09. The van der Waals surface area contributed by atoms with Crippen molar-refractivity contribution in [2.45, 2.75) is 53.2 Å². The van der Waals surface area contributed by atoms with E-state index in [2.05, 4.69) is 15.9 Å². The molecule has 0 unspecified atom stereocenters. The van der Waals surface area contributed by atoms with Crippen molar-refractivity contribution in [3.63, 3.8) is 0 Å². The summed E-state index contributed by atoms with van der Waals surface area (Å²) in [4.78, 5) is 12.5. The molecule has 0 aliphatic carbocycles. The third-order valence-corrected chi connectivity index (χ3v) is 4.65. The third-order valence-electron chi connectivity index (χ3n) is 3.79. The Hall–Kier alpha value is -1.66. The number of aromatic nitrogens is 1. The van der Waals surface area contributed by atoms with Crippen LogP contribution in [0.3, 0.4) is 0 Å². The molecular formula is C19H24BrNO4. The maximum absolute atomic E-state index is 12.5. The largest absolute Gasteiger partial charge is 0.618 e. The minimum Gasteiger partial charge on any atom is -0.618 e. The number of aryl methyl sites for hydroxylation is 2. The van der Waals surface area contributed by atoms with E-state index in [1.54, 1.807) is 26.0 Å². The van der Waals surface area contributed by atoms with E-state index >= 15 is 0 Å². The number of hydrogen-bond acceptors (Lipinski definition) is 4. The van der Waals surface area contributed by atoms with Crippen molar-refractivity contribution in [2.75, 3.05) is 6.61 Å². The zero-order valence-electron chi connectivity index (χ0n) is 15.5. The number of esters is 1. The summed E-state index contributed by atoms with van der Waals surface area (Å²) in [6.45, 7) is 11.3. The first kappa shape index (κ1) is 19.7. The summed E-state index contributed by atoms with van der Waals surface area (Å²) < 4.78 is 12.8. The minimum atomic E-state index is -0.875. The van der Waals surface area contributed by atoms with Gasteiger partial charge in [-0.1, -0.05) is 0 Å². The van der Waals surface area contributed by atoms with Crippen LogP contribution >= 0.6 is 15.9 Å². The Kier molecular flexibility index (Phi) is 5.74. The monoisotopic (exact) mass is 409 g/mol. The van der Waals surface area contributed by atoms with Gasteiger partial charge in [0.1, 0.15) is 0 Å². The SMILES string of the molecule is CCOC(=O)[C@@H](OC(C)(C)C)c1c(C)cc2c(ccc(C)[n+]2[O-])c1Br. The molecule has 1 heterocycles. The maximum Gasteiger partial charge on any atom is 0.340 e. The van der Waals surface area contributed by atoms with Gasteiger partial charge >= 0.3 is 5.97 Å². The smallest absolute Gasteiger partial charge is 0.340 e. The van der Waals surface area contributed by atoms with Crippen molar-refractivity contribution in [2.24, 2.45) is 0 Å². The van der Waals surface area contributed by atoms with Crippen LogP contribution in [0.25, 0.3) is 10.9 Å². The second kappa shape index (κ2) is 7.30. The highest BCUT2D eigenvalue weighted by Crippen LogP contribution is 2.37. The number of ether oxygens (including phenoxy) is 2. The van der Waals surface area contributed by atoms with Gasteiger partial charge in [0.2, 0.25) is 5.52 Å². The molecule has 136 valence electrons. The number of hydrogen-bond donors (Lipinski definition) is 0. The van der Waals surface area contributed by atoms with Crippen LogP contribution in [0.4, 0.5) is 0 Å². The van der Waals surface area contributed by atoms with Crippen LogP contribution in [0.15, 0.2) is 22.7 Å². The lowest BCUT2D eigenvalue weighted by molar-refractivity contribution is -0.584. The molecule has 0 saturated carbocycles. The van der Waals surface area contributed by atoms with Crippen LogP contribution in [-0.2, 0) is 14.3 Å². The molecule has 0 aliphatic rings. The lowest BCUT2D eigenvalue weighted by Gasteiger charge is -2.28. The summed E-state index contributed by atoms with van der Waals surface area (Å²) in [5, 5.41) is 13.1. The van der Waals surface area contributed by atoms with Gasteiger partial charge in [0, 0.05) is 29.1 Å². The summed E-state index contributed by atoms with van der Waals surface area (Å²) in [5.74, 6) is -0.442. The van der Waals surface area contributed by atoms with Gasteiger partial charge in [-0.05, 0) is 62.2 Å². The lowest BCUT2D eigenvalue weighted by Crippen LogP contribution is -2.32. The molecule has 0 radical (unpaired) electrons. The van der Waals surface area contributed by atoms with Crippen molar-refractivity contribution in [3.8, 4) is 0 Å². The number of carbonyl (C=O) groups is 1. The van der Waals surface area contributed by atoms with Gasteiger partial charge in [0.05, 0.1) is 17.6 Å². The van der Waals surface area contributed by atoms with Crippen LogP contribution in [0.1, 0.15) is 50.6 Å². The van der Waals surface area contributed by atoms with Crippen molar-refractivity contribution >= 4 is 32.8 Å². The molecule has 0 bridgehead atoms. The average molecular weight is 410 g/mol. The first-order valence-corrected chi connectivity index (χ1v) is 9.02. The fourth-order valence-corrected chi connectivity index (χ4v) is 3.55. The van der Waals surface area contributed by atoms with E-state index in [0.717, 1.165) is 15.7 Å². The van der Waals surface area contributed by atoms with Crippen LogP contribution in [-0.4, -0.2) is 18.2 Å². The van der Waals surface area contributed by atoms with Gasteiger partial charge < -0.3 is 14.7 Å². The second-order valence-electron chi connectivity index (χ2n) is 6.99. The van der Waals surface area contributed by atoms with E-state index < -0.39 is 17.7 Å². The van der Waals surface area contributed by atoms with E-state index in [1.165, 1.54) is 0 Å². The third kappa shape index (κ3) is 4.12. The topological polar surface area (TPSA) is 62.5 Å². The highest BCUT2D eigenvalue weighted by molar-refractivity contribution is 9.10. The first-order chi connectivity index (χ1) is 11.6. The van der Waals surface area contributed by atoms with Gasteiger partial charge in [-0.2, -0.15) is 4.73 Å². The standard InChI is InChI=1S/C19H24BrNO4/c1-7-24-18(22)17(25-19(4,5)6)15-11(2)10-14-13(16(15)20)9-8-12(3)21(14)23/h8-10,17H,7H2,1-6H3/t17-/m0/s1. The number of pyridine rings is 1. The number of fused-ring (bicyclic) bond motifs is 1. The summed E-state index contributed by atoms with van der Waals surface area (Å²) in [6, 6.07) is 5.41. The Morgan fingerprint density at radius 3 is 2.52 bits per heavy atom. The normalized spacial score (nSPS) is 13.1. The second-order valence-corrected chi connectivity index (χ2v) is 7.78. The Morgan fingerprint density at radius 1 is 1.32 bits per heavy atom. The Morgan fingerprint density at radius 2 is 1.96 bits per heavy atom. The van der Waals surface area contributed by atoms with Crippen LogP contribution in [0.5, 0.6) is 0 Å². The number of rotatable bonds is 4. The molecule has 25 heavy (non-hydrogen) atoms. The van der Waals surface area contributed by atoms with Crippen LogP contribution < -0.4 is 4.73 Å². The molecule has 6 heteroatoms. The molecule has 0 aliphatic heterocycles. The van der Waals surface area contributed by atoms with Gasteiger partial charge in [0.25, 0.3) is 0 Å². The molecule has 1 atom stereocenters. The molecule has 2 rings (SSSR count). The van der Waals surface area contributed by atoms with E-state index in [0.29, 0.717) is 21.2 Å². The number of halogens is 1. The van der Waals surface area contributed by atoms with Gasteiger partial charge in [-0.15, -0.1) is 0 Å². The van der Waals surface area contributed by atoms with Crippen LogP contribution in [0.2, 0.25) is 0 Å². The van der Waals surface area contributed by atoms with Crippen molar-refractivity contribution in [1.82, 2.24) is 0 Å². The van der Waals surface area contributed by atoms with Gasteiger partial charge in [-0.25, -0.2) is 4.79 Å². The summed E-state index contributed by atoms with van der Waals surface area (Å²) in [7, 11) is 0. The molecule has 1 aromatic carbocycles. The Labute approximate surface area is 156 Å². The Balaban J connectivity index is 2.70. The number of benzene rings is 1. The quantitative estimate of drug-likeness (QED) is 0.429. The molecule has 0 N–H and O–H groups in total. The Bertz CT molecular complexity index is 811. The van der Waals surface area contributed by atoms with E-state index in [9.17, 15) is 10.0 Å². The molecule has 0 saturated heterocycles. The van der Waals surface area contributed by atoms with E-state index in [4.69, 9.17) is 9.47 Å². The summed E-state index contributed by atoms with van der Waals surface area (Å²) in [6.07, 6.45) is -0.875. The van der Waals surface area contributed by atoms with Gasteiger partial charge in [-0.3, -0.25) is 0 Å². The predicted molar refractivity (Wildman–Crippen MR) is 100 cm³/mol. The van der Waals surface area contributed by atoms with Crippen molar-refractivity contribution < 1.29 is 19.0 Å². The fourth-order valence-electron chi connectivity index (χ4n) is 2.70. The molecule has 0 spiro atoms. The van der Waals surface area contributed by atoms with Crippen molar-refractivity contribution in [1.29, 1.82) is 0 Å². The number of carbonyl (C=O) groups excluding carboxylic acids is 1. The molecule has 1 aromatic heterocycles. The van der Waals surface area contributed by atoms with Crippen LogP contribution in [0, 0.1) is 19.1 Å². The lowest BCUT2D eigenvalue weighted by atomic mass is 9.99. The number of nitrogens with zero attached hydrogens (tertiary/aromatic N) is 1. The fraction of sp³-hybridized carbons (Fsp3) is 0.474. The minimum absolute atomic E-state index is 0.271. The zero-order chi connectivity index (χ0) is 18.9.